The molecule has 88 valence electrons. The summed E-state index contributed by atoms with van der Waals surface area (Å²) < 4.78 is 0.758. The maximum atomic E-state index is 11.8. The van der Waals surface area contributed by atoms with Crippen LogP contribution < -0.4 is 5.48 Å². The number of hydrogen-bond donors (Lipinski definition) is 1. The molecule has 1 amide bonds. The lowest BCUT2D eigenvalue weighted by Crippen LogP contribution is -2.33. The van der Waals surface area contributed by atoms with Crippen molar-refractivity contribution in [2.45, 2.75) is 33.3 Å². The molecule has 0 saturated carbocycles. The van der Waals surface area contributed by atoms with Crippen LogP contribution in [-0.4, -0.2) is 11.5 Å². The molecule has 0 aliphatic heterocycles. The summed E-state index contributed by atoms with van der Waals surface area (Å²) in [5.41, 5.74) is 3.65. The first-order valence-corrected chi connectivity index (χ1v) is 5.83. The third-order valence-electron chi connectivity index (χ3n) is 1.82. The van der Waals surface area contributed by atoms with E-state index in [2.05, 4.69) is 21.4 Å². The number of rotatable bonds is 2. The van der Waals surface area contributed by atoms with Gasteiger partial charge in [-0.15, -0.1) is 0 Å². The van der Waals surface area contributed by atoms with E-state index >= 15 is 0 Å². The van der Waals surface area contributed by atoms with E-state index in [4.69, 9.17) is 4.84 Å². The Hall–Kier alpha value is -0.870. The number of carbonyl (C=O) groups excluding carboxylic acids is 1. The molecule has 3 nitrogen and oxygen atoms in total. The Labute approximate surface area is 104 Å². The average molecular weight is 286 g/mol. The molecule has 4 heteroatoms. The van der Waals surface area contributed by atoms with Gasteiger partial charge >= 0.3 is 0 Å². The summed E-state index contributed by atoms with van der Waals surface area (Å²) in [6.45, 7) is 7.56. The summed E-state index contributed by atoms with van der Waals surface area (Å²) in [5.74, 6) is -0.245. The van der Waals surface area contributed by atoms with Gasteiger partial charge in [-0.2, -0.15) is 0 Å². The third-order valence-corrected chi connectivity index (χ3v) is 2.51. The normalized spacial score (nSPS) is 11.3. The zero-order valence-electron chi connectivity index (χ0n) is 9.93. The van der Waals surface area contributed by atoms with E-state index in [1.807, 2.05) is 45.9 Å². The fraction of sp³-hybridized carbons (Fsp3) is 0.417. The Bertz CT molecular complexity index is 396. The van der Waals surface area contributed by atoms with Crippen molar-refractivity contribution < 1.29 is 9.63 Å². The highest BCUT2D eigenvalue weighted by Crippen LogP contribution is 2.18. The molecule has 1 aromatic rings. The van der Waals surface area contributed by atoms with Gasteiger partial charge in [0.15, 0.2) is 0 Å². The minimum Gasteiger partial charge on any atom is -0.268 e. The predicted octanol–water partition coefficient (Wildman–Crippen LogP) is 3.22. The highest BCUT2D eigenvalue weighted by molar-refractivity contribution is 9.10. The zero-order chi connectivity index (χ0) is 12.3. The van der Waals surface area contributed by atoms with Gasteiger partial charge in [-0.05, 0) is 55.8 Å². The Morgan fingerprint density at radius 3 is 2.56 bits per heavy atom. The second-order valence-corrected chi connectivity index (χ2v) is 5.48. The molecule has 0 bridgehead atoms. The molecule has 0 aliphatic carbocycles. The SMILES string of the molecule is Cc1ccc(Br)c(C(=O)NOC(C)(C)C)c1. The first-order chi connectivity index (χ1) is 7.29. The number of halogens is 1. The van der Waals surface area contributed by atoms with Crippen LogP contribution >= 0.6 is 15.9 Å². The molecule has 1 aromatic carbocycles. The van der Waals surface area contributed by atoms with Crippen LogP contribution in [0.1, 0.15) is 36.7 Å². The Morgan fingerprint density at radius 2 is 2.00 bits per heavy atom. The number of carbonyl (C=O) groups is 1. The molecule has 0 aromatic heterocycles. The molecular weight excluding hydrogens is 270 g/mol. The molecule has 0 spiro atoms. The molecule has 0 unspecified atom stereocenters. The Balaban J connectivity index is 2.77. The molecular formula is C12H16BrNO2. The number of hydrogen-bond acceptors (Lipinski definition) is 2. The summed E-state index contributed by atoms with van der Waals surface area (Å²) >= 11 is 3.34. The van der Waals surface area contributed by atoms with E-state index in [1.165, 1.54) is 0 Å². The summed E-state index contributed by atoms with van der Waals surface area (Å²) in [5, 5.41) is 0. The third kappa shape index (κ3) is 3.94. The lowest BCUT2D eigenvalue weighted by Gasteiger charge is -2.19. The minimum atomic E-state index is -0.397. The predicted molar refractivity (Wildman–Crippen MR) is 67.2 cm³/mol. The van der Waals surface area contributed by atoms with Gasteiger partial charge < -0.3 is 0 Å². The minimum absolute atomic E-state index is 0.245. The van der Waals surface area contributed by atoms with Gasteiger partial charge in [-0.25, -0.2) is 5.48 Å². The van der Waals surface area contributed by atoms with E-state index in [0.29, 0.717) is 5.56 Å². The number of hydroxylamine groups is 1. The standard InChI is InChI=1S/C12H16BrNO2/c1-8-5-6-10(13)9(7-8)11(15)14-16-12(2,3)4/h5-7H,1-4H3,(H,14,15). The van der Waals surface area contributed by atoms with Crippen molar-refractivity contribution in [1.82, 2.24) is 5.48 Å². The van der Waals surface area contributed by atoms with Crippen molar-refractivity contribution in [2.24, 2.45) is 0 Å². The average Bonchev–Trinajstić information content (AvgIpc) is 2.17. The van der Waals surface area contributed by atoms with Crippen molar-refractivity contribution in [2.75, 3.05) is 0 Å². The fourth-order valence-corrected chi connectivity index (χ4v) is 1.49. The van der Waals surface area contributed by atoms with Crippen LogP contribution in [0.15, 0.2) is 22.7 Å². The second kappa shape index (κ2) is 4.97. The van der Waals surface area contributed by atoms with Crippen LogP contribution in [0.4, 0.5) is 0 Å². The van der Waals surface area contributed by atoms with Gasteiger partial charge in [-0.3, -0.25) is 9.63 Å². The van der Waals surface area contributed by atoms with Gasteiger partial charge in [0, 0.05) is 4.47 Å². The zero-order valence-corrected chi connectivity index (χ0v) is 11.5. The number of aryl methyl sites for hydroxylation is 1. The van der Waals surface area contributed by atoms with Gasteiger partial charge in [0.25, 0.3) is 5.91 Å². The lowest BCUT2D eigenvalue weighted by atomic mass is 10.1. The Morgan fingerprint density at radius 1 is 1.38 bits per heavy atom. The molecule has 0 fully saturated rings. The topological polar surface area (TPSA) is 38.3 Å². The van der Waals surface area contributed by atoms with E-state index in [1.54, 1.807) is 0 Å². The highest BCUT2D eigenvalue weighted by atomic mass is 79.9. The monoisotopic (exact) mass is 285 g/mol. The summed E-state index contributed by atoms with van der Waals surface area (Å²) in [7, 11) is 0. The first kappa shape index (κ1) is 13.2. The number of nitrogens with one attached hydrogen (secondary N) is 1. The van der Waals surface area contributed by atoms with Gasteiger partial charge in [-0.1, -0.05) is 11.6 Å². The molecule has 1 rings (SSSR count). The van der Waals surface area contributed by atoms with Crippen molar-refractivity contribution in [3.8, 4) is 0 Å². The smallest absolute Gasteiger partial charge is 0.268 e. The lowest BCUT2D eigenvalue weighted by molar-refractivity contribution is -0.0590. The van der Waals surface area contributed by atoms with E-state index in [9.17, 15) is 4.79 Å². The van der Waals surface area contributed by atoms with Crippen LogP contribution in [0.3, 0.4) is 0 Å². The molecule has 0 aliphatic rings. The summed E-state index contributed by atoms with van der Waals surface area (Å²) in [6.07, 6.45) is 0. The number of benzene rings is 1. The maximum Gasteiger partial charge on any atom is 0.276 e. The molecule has 16 heavy (non-hydrogen) atoms. The highest BCUT2D eigenvalue weighted by Gasteiger charge is 2.15. The molecule has 0 atom stereocenters. The summed E-state index contributed by atoms with van der Waals surface area (Å²) in [6, 6.07) is 5.60. The second-order valence-electron chi connectivity index (χ2n) is 4.63. The van der Waals surface area contributed by atoms with Gasteiger partial charge in [0.05, 0.1) is 11.2 Å². The van der Waals surface area contributed by atoms with Crippen LogP contribution in [0.25, 0.3) is 0 Å². The van der Waals surface area contributed by atoms with E-state index in [-0.39, 0.29) is 5.91 Å². The molecule has 0 saturated heterocycles. The van der Waals surface area contributed by atoms with Crippen molar-refractivity contribution in [1.29, 1.82) is 0 Å². The first-order valence-electron chi connectivity index (χ1n) is 5.04. The van der Waals surface area contributed by atoms with E-state index < -0.39 is 5.60 Å². The fourth-order valence-electron chi connectivity index (χ4n) is 1.07. The summed E-state index contributed by atoms with van der Waals surface area (Å²) in [4.78, 5) is 17.0. The number of amides is 1. The van der Waals surface area contributed by atoms with Crippen LogP contribution in [0.5, 0.6) is 0 Å². The van der Waals surface area contributed by atoms with Crippen molar-refractivity contribution in [3.63, 3.8) is 0 Å². The van der Waals surface area contributed by atoms with Crippen molar-refractivity contribution >= 4 is 21.8 Å². The molecule has 1 N–H and O–H groups in total. The van der Waals surface area contributed by atoms with Crippen LogP contribution in [-0.2, 0) is 4.84 Å². The Kier molecular flexibility index (Phi) is 4.10. The van der Waals surface area contributed by atoms with Gasteiger partial charge in [0.1, 0.15) is 0 Å². The van der Waals surface area contributed by atoms with Gasteiger partial charge in [0.2, 0.25) is 0 Å². The van der Waals surface area contributed by atoms with E-state index in [0.717, 1.165) is 10.0 Å². The largest absolute Gasteiger partial charge is 0.276 e. The van der Waals surface area contributed by atoms with Crippen molar-refractivity contribution in [3.05, 3.63) is 33.8 Å². The van der Waals surface area contributed by atoms with Crippen LogP contribution in [0.2, 0.25) is 0 Å². The van der Waals surface area contributed by atoms with Crippen LogP contribution in [0, 0.1) is 6.92 Å². The molecule has 0 radical (unpaired) electrons. The quantitative estimate of drug-likeness (QED) is 0.848. The maximum absolute atomic E-state index is 11.8. The molecule has 0 heterocycles.